The molecule has 0 spiro atoms. The third-order valence-corrected chi connectivity index (χ3v) is 6.67. The fraction of sp³-hybridized carbons (Fsp3) is 0. The third-order valence-electron chi connectivity index (χ3n) is 5.64. The van der Waals surface area contributed by atoms with E-state index in [-0.39, 0.29) is 0 Å². The van der Waals surface area contributed by atoms with E-state index >= 15 is 0 Å². The zero-order valence-electron chi connectivity index (χ0n) is 15.3. The molecule has 4 heteroatoms. The number of aromatic nitrogens is 2. The van der Waals surface area contributed by atoms with Crippen molar-refractivity contribution in [1.82, 2.24) is 9.55 Å². The number of rotatable bonds is 1. The number of thiazole rings is 1. The molecule has 3 aromatic heterocycles. The van der Waals surface area contributed by atoms with E-state index in [1.54, 1.807) is 11.3 Å². The van der Waals surface area contributed by atoms with Crippen LogP contribution in [0.2, 0.25) is 0 Å². The van der Waals surface area contributed by atoms with Crippen LogP contribution in [0.4, 0.5) is 0 Å². The van der Waals surface area contributed by atoms with E-state index < -0.39 is 0 Å². The average Bonchev–Trinajstić information content (AvgIpc) is 3.43. The van der Waals surface area contributed by atoms with Gasteiger partial charge in [-0.3, -0.25) is 4.57 Å². The van der Waals surface area contributed by atoms with Gasteiger partial charge in [0, 0.05) is 27.6 Å². The third kappa shape index (κ3) is 2.04. The minimum absolute atomic E-state index is 0.906. The SMILES string of the molecule is c1ccc2sc(-n3c4ccccc4c4cc5c(cc43)oc3ccccc35)nc2c1. The summed E-state index contributed by atoms with van der Waals surface area (Å²) in [6.45, 7) is 0. The molecule has 0 radical (unpaired) electrons. The van der Waals surface area contributed by atoms with Crippen molar-refractivity contribution in [2.24, 2.45) is 0 Å². The maximum atomic E-state index is 6.18. The van der Waals surface area contributed by atoms with E-state index in [0.29, 0.717) is 0 Å². The second kappa shape index (κ2) is 5.46. The number of hydrogen-bond donors (Lipinski definition) is 0. The van der Waals surface area contributed by atoms with Crippen LogP contribution in [0, 0.1) is 0 Å². The molecule has 3 heterocycles. The summed E-state index contributed by atoms with van der Waals surface area (Å²) in [6.07, 6.45) is 0. The van der Waals surface area contributed by atoms with E-state index in [0.717, 1.165) is 38.1 Å². The molecule has 7 aromatic rings. The quantitative estimate of drug-likeness (QED) is 0.295. The van der Waals surface area contributed by atoms with Crippen LogP contribution in [0.1, 0.15) is 0 Å². The van der Waals surface area contributed by atoms with Crippen molar-refractivity contribution in [1.29, 1.82) is 0 Å². The molecule has 3 nitrogen and oxygen atoms in total. The van der Waals surface area contributed by atoms with Crippen molar-refractivity contribution in [3.05, 3.63) is 84.9 Å². The molecule has 0 unspecified atom stereocenters. The lowest BCUT2D eigenvalue weighted by Crippen LogP contribution is -1.92. The van der Waals surface area contributed by atoms with E-state index in [9.17, 15) is 0 Å². The molecule has 4 aromatic carbocycles. The van der Waals surface area contributed by atoms with Crippen molar-refractivity contribution < 1.29 is 4.42 Å². The Morgan fingerprint density at radius 1 is 0.655 bits per heavy atom. The second-order valence-corrected chi connectivity index (χ2v) is 8.29. The molecule has 0 aliphatic rings. The Kier molecular flexibility index (Phi) is 2.88. The minimum Gasteiger partial charge on any atom is -0.456 e. The Labute approximate surface area is 169 Å². The van der Waals surface area contributed by atoms with Crippen LogP contribution in [0.15, 0.2) is 89.3 Å². The van der Waals surface area contributed by atoms with Crippen LogP contribution in [-0.2, 0) is 0 Å². The maximum Gasteiger partial charge on any atom is 0.195 e. The predicted molar refractivity (Wildman–Crippen MR) is 121 cm³/mol. The van der Waals surface area contributed by atoms with Crippen molar-refractivity contribution in [2.45, 2.75) is 0 Å². The predicted octanol–water partition coefficient (Wildman–Crippen LogP) is 7.29. The van der Waals surface area contributed by atoms with Gasteiger partial charge in [0.25, 0.3) is 0 Å². The maximum absolute atomic E-state index is 6.18. The summed E-state index contributed by atoms with van der Waals surface area (Å²) in [5, 5.41) is 5.74. The molecule has 0 fully saturated rings. The molecule has 0 saturated heterocycles. The summed E-state index contributed by atoms with van der Waals surface area (Å²) in [6, 6.07) is 29.5. The van der Waals surface area contributed by atoms with Gasteiger partial charge in [-0.05, 0) is 30.3 Å². The van der Waals surface area contributed by atoms with Gasteiger partial charge in [-0.15, -0.1) is 0 Å². The summed E-state index contributed by atoms with van der Waals surface area (Å²) in [7, 11) is 0. The van der Waals surface area contributed by atoms with Crippen LogP contribution in [0.3, 0.4) is 0 Å². The zero-order chi connectivity index (χ0) is 18.9. The molecule has 0 amide bonds. The molecule has 29 heavy (non-hydrogen) atoms. The highest BCUT2D eigenvalue weighted by molar-refractivity contribution is 7.20. The lowest BCUT2D eigenvalue weighted by Gasteiger charge is -2.02. The summed E-state index contributed by atoms with van der Waals surface area (Å²) < 4.78 is 9.63. The number of para-hydroxylation sites is 3. The van der Waals surface area contributed by atoms with Crippen molar-refractivity contribution >= 4 is 65.3 Å². The number of hydrogen-bond acceptors (Lipinski definition) is 3. The molecule has 136 valence electrons. The molecule has 0 aliphatic heterocycles. The lowest BCUT2D eigenvalue weighted by molar-refractivity contribution is 0.669. The molecule has 0 atom stereocenters. The van der Waals surface area contributed by atoms with E-state index in [4.69, 9.17) is 9.40 Å². The van der Waals surface area contributed by atoms with Gasteiger partial charge in [0.2, 0.25) is 0 Å². The van der Waals surface area contributed by atoms with E-state index in [1.807, 2.05) is 18.2 Å². The molecule has 0 aliphatic carbocycles. The van der Waals surface area contributed by atoms with Gasteiger partial charge in [0.05, 0.1) is 21.3 Å². The summed E-state index contributed by atoms with van der Waals surface area (Å²) in [4.78, 5) is 4.93. The molecule has 0 saturated carbocycles. The molecular formula is C25H14N2OS. The monoisotopic (exact) mass is 390 g/mol. The normalized spacial score (nSPS) is 12.1. The lowest BCUT2D eigenvalue weighted by atomic mass is 10.1. The van der Waals surface area contributed by atoms with Gasteiger partial charge in [-0.2, -0.15) is 0 Å². The Balaban J connectivity index is 1.67. The van der Waals surface area contributed by atoms with Crippen LogP contribution in [-0.4, -0.2) is 9.55 Å². The molecular weight excluding hydrogens is 376 g/mol. The Bertz CT molecular complexity index is 1680. The first kappa shape index (κ1) is 15.3. The van der Waals surface area contributed by atoms with Crippen LogP contribution < -0.4 is 0 Å². The summed E-state index contributed by atoms with van der Waals surface area (Å²) in [5.74, 6) is 0. The van der Waals surface area contributed by atoms with Gasteiger partial charge in [-0.1, -0.05) is 59.9 Å². The molecule has 7 rings (SSSR count). The topological polar surface area (TPSA) is 31.0 Å². The second-order valence-electron chi connectivity index (χ2n) is 7.28. The van der Waals surface area contributed by atoms with E-state index in [2.05, 4.69) is 71.3 Å². The van der Waals surface area contributed by atoms with Crippen LogP contribution >= 0.6 is 11.3 Å². The van der Waals surface area contributed by atoms with Crippen LogP contribution in [0.5, 0.6) is 0 Å². The first-order valence-electron chi connectivity index (χ1n) is 9.57. The minimum atomic E-state index is 0.906. The number of furan rings is 1. The molecule has 0 N–H and O–H groups in total. The van der Waals surface area contributed by atoms with Gasteiger partial charge < -0.3 is 4.42 Å². The van der Waals surface area contributed by atoms with E-state index in [1.165, 1.54) is 21.0 Å². The van der Waals surface area contributed by atoms with Gasteiger partial charge in [0.15, 0.2) is 5.13 Å². The first-order chi connectivity index (χ1) is 14.4. The Morgan fingerprint density at radius 2 is 1.45 bits per heavy atom. The zero-order valence-corrected chi connectivity index (χ0v) is 16.1. The van der Waals surface area contributed by atoms with Crippen molar-refractivity contribution in [3.63, 3.8) is 0 Å². The van der Waals surface area contributed by atoms with Gasteiger partial charge in [-0.25, -0.2) is 4.98 Å². The fourth-order valence-corrected chi connectivity index (χ4v) is 5.34. The van der Waals surface area contributed by atoms with Gasteiger partial charge in [0.1, 0.15) is 11.2 Å². The molecule has 0 bridgehead atoms. The average molecular weight is 390 g/mol. The van der Waals surface area contributed by atoms with Crippen LogP contribution in [0.25, 0.3) is 59.1 Å². The number of fused-ring (bicyclic) bond motifs is 7. The van der Waals surface area contributed by atoms with Gasteiger partial charge >= 0.3 is 0 Å². The standard InChI is InChI=1S/C25H14N2OS/c1-4-10-20-15(7-1)17-13-18-16-8-2-5-11-22(16)28-23(18)14-21(17)27(20)25-26-19-9-3-6-12-24(19)29-25/h1-14H. The number of nitrogens with zero attached hydrogens (tertiary/aromatic N) is 2. The Morgan fingerprint density at radius 3 is 2.38 bits per heavy atom. The highest BCUT2D eigenvalue weighted by Gasteiger charge is 2.17. The Hall–Kier alpha value is -3.63. The summed E-state index contributed by atoms with van der Waals surface area (Å²) in [5.41, 5.74) is 5.15. The highest BCUT2D eigenvalue weighted by atomic mass is 32.1. The largest absolute Gasteiger partial charge is 0.456 e. The van der Waals surface area contributed by atoms with Crippen molar-refractivity contribution in [2.75, 3.05) is 0 Å². The summed E-state index contributed by atoms with van der Waals surface area (Å²) >= 11 is 1.72. The van der Waals surface area contributed by atoms with Crippen molar-refractivity contribution in [3.8, 4) is 5.13 Å². The smallest absolute Gasteiger partial charge is 0.195 e. The highest BCUT2D eigenvalue weighted by Crippen LogP contribution is 2.39. The fourth-order valence-electron chi connectivity index (χ4n) is 4.35. The first-order valence-corrected chi connectivity index (χ1v) is 10.4. The number of benzene rings is 4.